The lowest BCUT2D eigenvalue weighted by atomic mass is 9.94. The first-order chi connectivity index (χ1) is 18.8. The number of methoxy groups -OCH3 is 1. The molecular formula is C27H30ClF2N5O4. The highest BCUT2D eigenvalue weighted by Gasteiger charge is 2.35. The highest BCUT2D eigenvalue weighted by Crippen LogP contribution is 2.31. The van der Waals surface area contributed by atoms with Crippen LogP contribution in [0, 0.1) is 11.6 Å². The Bertz CT molecular complexity index is 1310. The molecule has 0 bridgehead atoms. The first-order valence-corrected chi connectivity index (χ1v) is 12.8. The van der Waals surface area contributed by atoms with Crippen molar-refractivity contribution in [2.75, 3.05) is 45.3 Å². The van der Waals surface area contributed by atoms with Crippen LogP contribution in [0.5, 0.6) is 0 Å². The molecule has 0 spiro atoms. The maximum Gasteiger partial charge on any atom is 0.320 e. The van der Waals surface area contributed by atoms with Crippen molar-refractivity contribution in [2.24, 2.45) is 0 Å². The van der Waals surface area contributed by atoms with Gasteiger partial charge in [0.05, 0.1) is 30.6 Å². The number of anilines is 1. The van der Waals surface area contributed by atoms with E-state index in [4.69, 9.17) is 21.1 Å². The quantitative estimate of drug-likeness (QED) is 0.361. The van der Waals surface area contributed by atoms with E-state index in [9.17, 15) is 18.4 Å². The van der Waals surface area contributed by atoms with E-state index < -0.39 is 29.7 Å². The van der Waals surface area contributed by atoms with Gasteiger partial charge < -0.3 is 14.8 Å². The van der Waals surface area contributed by atoms with Gasteiger partial charge in [0.15, 0.2) is 17.5 Å². The number of para-hydroxylation sites is 1. The molecule has 1 saturated heterocycles. The topological polar surface area (TPSA) is 97.7 Å². The molecule has 1 aliphatic heterocycles. The van der Waals surface area contributed by atoms with Gasteiger partial charge in [-0.25, -0.2) is 18.3 Å². The number of esters is 1. The number of nitrogens with zero attached hydrogens (tertiary/aromatic N) is 3. The maximum absolute atomic E-state index is 14.0. The van der Waals surface area contributed by atoms with E-state index in [-0.39, 0.29) is 29.8 Å². The molecule has 2 atom stereocenters. The standard InChI is InChI=1S/C27H30ClF2N5O4/c1-17(36)39-12-10-23-25(28)26(35(33-23)19-6-4-3-5-7-19)32-27(37)31-24-16-34(11-13-38-2)15-20(24)18-8-9-21(29)22(30)14-18/h3-9,14,20,24H,10-13,15-16H2,1-2H3,(H2,31,32,37). The average molecular weight is 562 g/mol. The van der Waals surface area contributed by atoms with Crippen molar-refractivity contribution in [3.8, 4) is 5.69 Å². The molecule has 0 saturated carbocycles. The summed E-state index contributed by atoms with van der Waals surface area (Å²) in [4.78, 5) is 26.5. The van der Waals surface area contributed by atoms with Gasteiger partial charge in [-0.05, 0) is 29.8 Å². The van der Waals surface area contributed by atoms with Gasteiger partial charge in [-0.3, -0.25) is 15.0 Å². The van der Waals surface area contributed by atoms with Gasteiger partial charge in [0.25, 0.3) is 0 Å². The van der Waals surface area contributed by atoms with Crippen molar-refractivity contribution >= 4 is 29.4 Å². The van der Waals surface area contributed by atoms with Crippen LogP contribution in [0.4, 0.5) is 19.4 Å². The third kappa shape index (κ3) is 7.11. The second-order valence-electron chi connectivity index (χ2n) is 9.18. The maximum atomic E-state index is 14.0. The van der Waals surface area contributed by atoms with E-state index in [2.05, 4.69) is 20.6 Å². The number of hydrogen-bond donors (Lipinski definition) is 2. The summed E-state index contributed by atoms with van der Waals surface area (Å²) in [6.07, 6.45) is 0.254. The van der Waals surface area contributed by atoms with E-state index in [0.717, 1.165) is 6.07 Å². The first-order valence-electron chi connectivity index (χ1n) is 12.5. The monoisotopic (exact) mass is 561 g/mol. The normalized spacial score (nSPS) is 17.3. The van der Waals surface area contributed by atoms with Crippen LogP contribution in [-0.2, 0) is 20.7 Å². The molecule has 4 rings (SSSR count). The van der Waals surface area contributed by atoms with Gasteiger partial charge in [0, 0.05) is 46.0 Å². The molecule has 2 heterocycles. The molecule has 208 valence electrons. The second kappa shape index (κ2) is 13.0. The van der Waals surface area contributed by atoms with Gasteiger partial charge in [-0.2, -0.15) is 5.10 Å². The fourth-order valence-corrected chi connectivity index (χ4v) is 4.85. The number of carbonyl (C=O) groups excluding carboxylic acids is 2. The number of ether oxygens (including phenoxy) is 2. The number of benzene rings is 2. The molecule has 1 aliphatic rings. The van der Waals surface area contributed by atoms with Crippen LogP contribution in [0.3, 0.4) is 0 Å². The summed E-state index contributed by atoms with van der Waals surface area (Å²) in [7, 11) is 1.60. The molecule has 2 N–H and O–H groups in total. The van der Waals surface area contributed by atoms with E-state index in [1.807, 2.05) is 30.3 Å². The predicted octanol–water partition coefficient (Wildman–Crippen LogP) is 4.15. The van der Waals surface area contributed by atoms with E-state index >= 15 is 0 Å². The third-order valence-corrected chi connectivity index (χ3v) is 6.86. The molecule has 12 heteroatoms. The Morgan fingerprint density at radius 1 is 1.10 bits per heavy atom. The minimum Gasteiger partial charge on any atom is -0.465 e. The highest BCUT2D eigenvalue weighted by atomic mass is 35.5. The molecule has 3 aromatic rings. The Morgan fingerprint density at radius 3 is 2.56 bits per heavy atom. The van der Waals surface area contributed by atoms with Gasteiger partial charge in [-0.15, -0.1) is 0 Å². The van der Waals surface area contributed by atoms with Gasteiger partial charge >= 0.3 is 12.0 Å². The fraction of sp³-hybridized carbons (Fsp3) is 0.370. The summed E-state index contributed by atoms with van der Waals surface area (Å²) >= 11 is 6.63. The van der Waals surface area contributed by atoms with Crippen molar-refractivity contribution in [2.45, 2.75) is 25.3 Å². The highest BCUT2D eigenvalue weighted by molar-refractivity contribution is 6.34. The van der Waals surface area contributed by atoms with E-state index in [1.54, 1.807) is 7.11 Å². The Morgan fingerprint density at radius 2 is 1.87 bits per heavy atom. The van der Waals surface area contributed by atoms with Crippen LogP contribution >= 0.6 is 11.6 Å². The van der Waals surface area contributed by atoms with E-state index in [1.165, 1.54) is 23.7 Å². The molecule has 2 aromatic carbocycles. The first kappa shape index (κ1) is 28.5. The molecule has 2 amide bonds. The van der Waals surface area contributed by atoms with Crippen LogP contribution in [0.15, 0.2) is 48.5 Å². The predicted molar refractivity (Wildman–Crippen MR) is 142 cm³/mol. The number of urea groups is 1. The molecule has 9 nitrogen and oxygen atoms in total. The Kier molecular flexibility index (Phi) is 9.50. The Labute approximate surface area is 230 Å². The lowest BCUT2D eigenvalue weighted by Gasteiger charge is -2.21. The second-order valence-corrected chi connectivity index (χ2v) is 9.56. The van der Waals surface area contributed by atoms with Crippen molar-refractivity contribution in [3.05, 3.63) is 76.4 Å². The van der Waals surface area contributed by atoms with Gasteiger partial charge in [0.1, 0.15) is 5.02 Å². The number of aromatic nitrogens is 2. The molecule has 1 aromatic heterocycles. The zero-order valence-electron chi connectivity index (χ0n) is 21.6. The van der Waals surface area contributed by atoms with Crippen molar-refractivity contribution in [1.29, 1.82) is 0 Å². The number of carbonyl (C=O) groups is 2. The number of halogens is 3. The molecule has 0 radical (unpaired) electrons. The lowest BCUT2D eigenvalue weighted by Crippen LogP contribution is -2.42. The summed E-state index contributed by atoms with van der Waals surface area (Å²) < 4.78 is 39.3. The minimum absolute atomic E-state index is 0.0851. The smallest absolute Gasteiger partial charge is 0.320 e. The summed E-state index contributed by atoms with van der Waals surface area (Å²) in [6.45, 7) is 3.53. The molecule has 1 fully saturated rings. The van der Waals surface area contributed by atoms with Crippen molar-refractivity contribution in [1.82, 2.24) is 20.0 Å². The SMILES string of the molecule is COCCN1CC(NC(=O)Nc2c(Cl)c(CCOC(C)=O)nn2-c2ccccc2)C(c2ccc(F)c(F)c2)C1. The number of amides is 2. The average Bonchev–Trinajstić information content (AvgIpc) is 3.45. The van der Waals surface area contributed by atoms with Gasteiger partial charge in [-0.1, -0.05) is 35.9 Å². The van der Waals surface area contributed by atoms with Gasteiger partial charge in [0.2, 0.25) is 0 Å². The van der Waals surface area contributed by atoms with Crippen LogP contribution < -0.4 is 10.6 Å². The Balaban J connectivity index is 1.55. The fourth-order valence-electron chi connectivity index (χ4n) is 4.59. The third-order valence-electron chi connectivity index (χ3n) is 6.47. The zero-order chi connectivity index (χ0) is 27.9. The molecule has 0 aliphatic carbocycles. The molecule has 2 unspecified atom stereocenters. The van der Waals surface area contributed by atoms with Crippen LogP contribution in [0.25, 0.3) is 5.69 Å². The van der Waals surface area contributed by atoms with Crippen molar-refractivity contribution < 1.29 is 27.8 Å². The Hall–Kier alpha value is -3.54. The summed E-state index contributed by atoms with van der Waals surface area (Å²) in [5.41, 5.74) is 1.70. The number of hydrogen-bond acceptors (Lipinski definition) is 6. The molecule has 39 heavy (non-hydrogen) atoms. The van der Waals surface area contributed by atoms with E-state index in [0.29, 0.717) is 43.2 Å². The lowest BCUT2D eigenvalue weighted by molar-refractivity contribution is -0.140. The zero-order valence-corrected chi connectivity index (χ0v) is 22.4. The molecular weight excluding hydrogens is 532 g/mol. The summed E-state index contributed by atoms with van der Waals surface area (Å²) in [5.74, 6) is -2.32. The van der Waals surface area contributed by atoms with Crippen molar-refractivity contribution in [3.63, 3.8) is 0 Å². The summed E-state index contributed by atoms with van der Waals surface area (Å²) in [6, 6.07) is 12.0. The van der Waals surface area contributed by atoms with Crippen LogP contribution in [0.2, 0.25) is 5.02 Å². The number of rotatable bonds is 10. The number of nitrogens with one attached hydrogen (secondary N) is 2. The minimum atomic E-state index is -0.939. The number of likely N-dealkylation sites (tertiary alicyclic amines) is 1. The van der Waals surface area contributed by atoms with Crippen LogP contribution in [0.1, 0.15) is 24.1 Å². The largest absolute Gasteiger partial charge is 0.465 e. The van der Waals surface area contributed by atoms with Crippen LogP contribution in [-0.4, -0.2) is 72.7 Å². The summed E-state index contributed by atoms with van der Waals surface area (Å²) in [5, 5.41) is 10.5.